The first-order valence-corrected chi connectivity index (χ1v) is 8.79. The summed E-state index contributed by atoms with van der Waals surface area (Å²) in [6.45, 7) is -1.13. The normalized spacial score (nSPS) is 12.1. The molecule has 0 saturated heterocycles. The van der Waals surface area contributed by atoms with E-state index < -0.39 is 6.61 Å². The summed E-state index contributed by atoms with van der Waals surface area (Å²) in [5, 5.41) is 7.05. The summed E-state index contributed by atoms with van der Waals surface area (Å²) >= 11 is 5.41. The van der Waals surface area contributed by atoms with Crippen molar-refractivity contribution in [1.82, 2.24) is 10.6 Å². The Hall–Kier alpha value is -2.25. The molecule has 2 aromatic rings. The van der Waals surface area contributed by atoms with Crippen molar-refractivity contribution in [3.8, 4) is 5.75 Å². The van der Waals surface area contributed by atoms with Gasteiger partial charge in [0.05, 0.1) is 33.2 Å². The molecule has 0 bridgehead atoms. The molecule has 1 atom stereocenters. The summed E-state index contributed by atoms with van der Waals surface area (Å²) in [5.74, 6) is 0.130. The number of benzene rings is 2. The highest BCUT2D eigenvalue weighted by Gasteiger charge is 2.16. The van der Waals surface area contributed by atoms with Crippen molar-refractivity contribution in [2.75, 3.05) is 27.2 Å². The lowest BCUT2D eigenvalue weighted by Gasteiger charge is -2.22. The summed E-state index contributed by atoms with van der Waals surface area (Å²) < 4.78 is 29.1. The molecule has 0 unspecified atom stereocenters. The minimum absolute atomic E-state index is 0.130. The fourth-order valence-corrected chi connectivity index (χ4v) is 2.67. The van der Waals surface area contributed by atoms with Crippen LogP contribution in [0.15, 0.2) is 54.6 Å². The van der Waals surface area contributed by atoms with Crippen LogP contribution < -0.4 is 20.3 Å². The van der Waals surface area contributed by atoms with Gasteiger partial charge in [-0.15, -0.1) is 0 Å². The molecule has 2 rings (SSSR count). The molecule has 0 aliphatic heterocycles. The Morgan fingerprint density at radius 1 is 1.04 bits per heavy atom. The smallest absolute Gasteiger partial charge is 0.387 e. The van der Waals surface area contributed by atoms with Crippen LogP contribution in [0.25, 0.3) is 0 Å². The van der Waals surface area contributed by atoms with Crippen molar-refractivity contribution >= 4 is 17.3 Å². The molecule has 140 valence electrons. The molecule has 2 aromatic carbocycles. The number of nitrogens with one attached hydrogen (secondary N) is 3. The topological polar surface area (TPSA) is 37.7 Å². The van der Waals surface area contributed by atoms with Crippen LogP contribution >= 0.6 is 12.2 Å². The van der Waals surface area contributed by atoms with Crippen molar-refractivity contribution in [2.24, 2.45) is 0 Å². The summed E-state index contributed by atoms with van der Waals surface area (Å²) in [6.07, 6.45) is 0. The van der Waals surface area contributed by atoms with Crippen LogP contribution in [0.5, 0.6) is 5.75 Å². The van der Waals surface area contributed by atoms with Crippen LogP contribution in [-0.2, 0) is 0 Å². The molecule has 0 radical (unpaired) electrons. The van der Waals surface area contributed by atoms with E-state index in [0.29, 0.717) is 5.11 Å². The fraction of sp³-hybridized carbons (Fsp3) is 0.316. The highest BCUT2D eigenvalue weighted by atomic mass is 32.1. The van der Waals surface area contributed by atoms with Gasteiger partial charge < -0.3 is 20.3 Å². The molecular formula is C19H24F2N3OS+. The van der Waals surface area contributed by atoms with Crippen molar-refractivity contribution in [3.05, 3.63) is 65.7 Å². The molecular weight excluding hydrogens is 356 g/mol. The third-order valence-electron chi connectivity index (χ3n) is 3.76. The Morgan fingerprint density at radius 3 is 2.23 bits per heavy atom. The van der Waals surface area contributed by atoms with Gasteiger partial charge in [0, 0.05) is 0 Å². The van der Waals surface area contributed by atoms with Gasteiger partial charge in [0.2, 0.25) is 0 Å². The zero-order valence-electron chi connectivity index (χ0n) is 14.8. The van der Waals surface area contributed by atoms with Crippen LogP contribution in [0, 0.1) is 0 Å². The number of ether oxygens (including phenoxy) is 1. The van der Waals surface area contributed by atoms with Gasteiger partial charge in [-0.05, 0) is 35.5 Å². The standard InChI is InChI=1S/C19H23F2N3OS/c1-24(2)13-12-22-19(26)23-17(14-6-4-3-5-7-14)15-8-10-16(11-9-15)25-18(20)21/h3-11,17-18H,12-13H2,1-2H3,(H2,22,23,26)/p+1/t17-/m0/s1. The minimum atomic E-state index is -2.83. The van der Waals surface area contributed by atoms with E-state index in [2.05, 4.69) is 29.5 Å². The number of quaternary nitrogens is 1. The fourth-order valence-electron chi connectivity index (χ4n) is 2.45. The van der Waals surface area contributed by atoms with Gasteiger partial charge in [-0.3, -0.25) is 0 Å². The van der Waals surface area contributed by atoms with E-state index in [9.17, 15) is 8.78 Å². The van der Waals surface area contributed by atoms with Gasteiger partial charge in [-0.1, -0.05) is 42.5 Å². The highest BCUT2D eigenvalue weighted by molar-refractivity contribution is 7.80. The summed E-state index contributed by atoms with van der Waals surface area (Å²) in [5.41, 5.74) is 1.93. The quantitative estimate of drug-likeness (QED) is 0.613. The molecule has 4 nitrogen and oxygen atoms in total. The number of likely N-dealkylation sites (N-methyl/N-ethyl adjacent to an activating group) is 1. The maximum absolute atomic E-state index is 12.3. The van der Waals surface area contributed by atoms with Crippen LogP contribution in [0.1, 0.15) is 17.2 Å². The van der Waals surface area contributed by atoms with E-state index >= 15 is 0 Å². The lowest BCUT2D eigenvalue weighted by Crippen LogP contribution is -3.06. The van der Waals surface area contributed by atoms with Gasteiger partial charge in [0.25, 0.3) is 0 Å². The molecule has 0 heterocycles. The Balaban J connectivity index is 2.13. The predicted molar refractivity (Wildman–Crippen MR) is 103 cm³/mol. The van der Waals surface area contributed by atoms with Crippen LogP contribution in [0.3, 0.4) is 0 Å². The largest absolute Gasteiger partial charge is 0.435 e. The molecule has 0 saturated carbocycles. The van der Waals surface area contributed by atoms with Gasteiger partial charge in [-0.2, -0.15) is 8.78 Å². The third-order valence-corrected chi connectivity index (χ3v) is 4.02. The number of hydrogen-bond acceptors (Lipinski definition) is 2. The Labute approximate surface area is 158 Å². The molecule has 0 amide bonds. The Bertz CT molecular complexity index is 681. The van der Waals surface area contributed by atoms with Crippen molar-refractivity contribution in [1.29, 1.82) is 0 Å². The molecule has 0 aliphatic rings. The first kappa shape index (κ1) is 20.1. The second-order valence-electron chi connectivity index (χ2n) is 6.15. The average Bonchev–Trinajstić information content (AvgIpc) is 2.60. The predicted octanol–water partition coefficient (Wildman–Crippen LogP) is 1.99. The first-order chi connectivity index (χ1) is 12.5. The van der Waals surface area contributed by atoms with Gasteiger partial charge in [-0.25, -0.2) is 0 Å². The number of thiocarbonyl (C=S) groups is 1. The van der Waals surface area contributed by atoms with Crippen LogP contribution in [0.2, 0.25) is 0 Å². The SMILES string of the molecule is C[NH+](C)CCNC(=S)N[C@@H](c1ccccc1)c1ccc(OC(F)F)cc1. The number of alkyl halides is 2. The zero-order valence-corrected chi connectivity index (χ0v) is 15.7. The molecule has 0 fully saturated rings. The second-order valence-corrected chi connectivity index (χ2v) is 6.56. The molecule has 3 N–H and O–H groups in total. The summed E-state index contributed by atoms with van der Waals surface area (Å²) in [7, 11) is 4.15. The highest BCUT2D eigenvalue weighted by Crippen LogP contribution is 2.24. The molecule has 0 spiro atoms. The first-order valence-electron chi connectivity index (χ1n) is 8.39. The summed E-state index contributed by atoms with van der Waals surface area (Å²) in [4.78, 5) is 1.33. The Morgan fingerprint density at radius 2 is 1.65 bits per heavy atom. The summed E-state index contributed by atoms with van der Waals surface area (Å²) in [6, 6.07) is 16.2. The van der Waals surface area contributed by atoms with Gasteiger partial charge in [0.15, 0.2) is 5.11 Å². The van der Waals surface area contributed by atoms with Crippen LogP contribution in [0.4, 0.5) is 8.78 Å². The van der Waals surface area contributed by atoms with E-state index in [4.69, 9.17) is 12.2 Å². The lowest BCUT2D eigenvalue weighted by atomic mass is 9.99. The van der Waals surface area contributed by atoms with E-state index in [1.807, 2.05) is 30.3 Å². The van der Waals surface area contributed by atoms with Crippen molar-refractivity contribution in [2.45, 2.75) is 12.7 Å². The lowest BCUT2D eigenvalue weighted by molar-refractivity contribution is -0.856. The van der Waals surface area contributed by atoms with Crippen molar-refractivity contribution in [3.63, 3.8) is 0 Å². The monoisotopic (exact) mass is 380 g/mol. The second kappa shape index (κ2) is 10.0. The van der Waals surface area contributed by atoms with Gasteiger partial charge >= 0.3 is 6.61 Å². The minimum Gasteiger partial charge on any atom is -0.435 e. The van der Waals surface area contributed by atoms with Gasteiger partial charge in [0.1, 0.15) is 5.75 Å². The molecule has 7 heteroatoms. The number of halogens is 2. The maximum Gasteiger partial charge on any atom is 0.387 e. The van der Waals surface area contributed by atoms with Crippen LogP contribution in [-0.4, -0.2) is 38.9 Å². The number of rotatable bonds is 8. The van der Waals surface area contributed by atoms with E-state index in [1.165, 1.54) is 17.0 Å². The molecule has 0 aliphatic carbocycles. The third kappa shape index (κ3) is 6.57. The van der Waals surface area contributed by atoms with E-state index in [-0.39, 0.29) is 11.8 Å². The molecule has 26 heavy (non-hydrogen) atoms. The molecule has 0 aromatic heterocycles. The maximum atomic E-state index is 12.3. The van der Waals surface area contributed by atoms with Crippen molar-refractivity contribution < 1.29 is 18.4 Å². The number of hydrogen-bond donors (Lipinski definition) is 3. The zero-order chi connectivity index (χ0) is 18.9. The Kier molecular flexibility index (Phi) is 7.74. The average molecular weight is 380 g/mol. The van der Waals surface area contributed by atoms with E-state index in [1.54, 1.807) is 12.1 Å². The van der Waals surface area contributed by atoms with E-state index in [0.717, 1.165) is 24.2 Å².